The molecule has 3 aromatic rings. The molecule has 4 rings (SSSR count). The highest BCUT2D eigenvalue weighted by Gasteiger charge is 2.35. The number of benzene rings is 2. The molecule has 0 unspecified atom stereocenters. The average molecular weight is 503 g/mol. The zero-order chi connectivity index (χ0) is 26.0. The van der Waals surface area contributed by atoms with E-state index in [1.165, 1.54) is 26.4 Å². The number of fused-ring (bicyclic) bond motifs is 1. The van der Waals surface area contributed by atoms with Gasteiger partial charge in [-0.25, -0.2) is 0 Å². The number of methoxy groups -OCH3 is 2. The van der Waals surface area contributed by atoms with Crippen LogP contribution in [0.2, 0.25) is 0 Å². The van der Waals surface area contributed by atoms with E-state index >= 15 is 0 Å². The highest BCUT2D eigenvalue weighted by atomic mass is 19.4. The molecule has 0 aliphatic heterocycles. The third-order valence-corrected chi connectivity index (χ3v) is 6.20. The molecule has 1 aliphatic carbocycles. The minimum atomic E-state index is -4.67. The lowest BCUT2D eigenvalue weighted by atomic mass is 10.0. The number of hydrogen-bond donors (Lipinski definition) is 1. The Bertz CT molecular complexity index is 1300. The maximum absolute atomic E-state index is 14.0. The molecule has 0 fully saturated rings. The van der Waals surface area contributed by atoms with Gasteiger partial charge in [0, 0.05) is 36.0 Å². The summed E-state index contributed by atoms with van der Waals surface area (Å²) in [4.78, 5) is 15.4. The van der Waals surface area contributed by atoms with Crippen molar-refractivity contribution in [1.82, 2.24) is 14.7 Å². The van der Waals surface area contributed by atoms with Crippen LogP contribution in [0.25, 0.3) is 16.9 Å². The van der Waals surface area contributed by atoms with Crippen molar-refractivity contribution in [2.75, 3.05) is 46.7 Å². The van der Waals surface area contributed by atoms with Gasteiger partial charge < -0.3 is 19.7 Å². The fourth-order valence-corrected chi connectivity index (χ4v) is 4.39. The Hall–Kier alpha value is -3.53. The number of hydrogen-bond acceptors (Lipinski definition) is 6. The minimum Gasteiger partial charge on any atom is -0.497 e. The molecule has 0 atom stereocenters. The molecule has 7 nitrogen and oxygen atoms in total. The van der Waals surface area contributed by atoms with Crippen LogP contribution in [0.4, 0.5) is 18.9 Å². The molecule has 1 N–H and O–H groups in total. The van der Waals surface area contributed by atoms with E-state index in [2.05, 4.69) is 10.4 Å². The summed E-state index contributed by atoms with van der Waals surface area (Å²) in [5.74, 6) is 1.03. The van der Waals surface area contributed by atoms with Gasteiger partial charge in [0.2, 0.25) is 0 Å². The highest BCUT2D eigenvalue weighted by molar-refractivity contribution is 5.69. The third kappa shape index (κ3) is 5.18. The van der Waals surface area contributed by atoms with Crippen LogP contribution in [0.5, 0.6) is 11.5 Å². The molecule has 0 spiro atoms. The third-order valence-electron chi connectivity index (χ3n) is 6.20. The lowest BCUT2D eigenvalue weighted by Crippen LogP contribution is -2.28. The highest BCUT2D eigenvalue weighted by Crippen LogP contribution is 2.37. The molecule has 2 aromatic carbocycles. The summed E-state index contributed by atoms with van der Waals surface area (Å²) >= 11 is 0. The summed E-state index contributed by atoms with van der Waals surface area (Å²) in [5.41, 5.74) is 0.984. The van der Waals surface area contributed by atoms with Crippen LogP contribution in [-0.4, -0.2) is 56.1 Å². The van der Waals surface area contributed by atoms with Crippen LogP contribution < -0.4 is 20.3 Å². The van der Waals surface area contributed by atoms with Gasteiger partial charge >= 0.3 is 6.18 Å². The molecule has 192 valence electrons. The topological polar surface area (TPSA) is 68.6 Å². The maximum Gasteiger partial charge on any atom is 0.418 e. The molecule has 1 heterocycles. The van der Waals surface area contributed by atoms with Crippen LogP contribution in [0, 0.1) is 0 Å². The predicted octanol–water partition coefficient (Wildman–Crippen LogP) is 4.40. The number of nitrogens with zero attached hydrogens (tertiary/aromatic N) is 3. The van der Waals surface area contributed by atoms with Crippen molar-refractivity contribution in [2.45, 2.75) is 25.4 Å². The largest absolute Gasteiger partial charge is 0.497 e. The van der Waals surface area contributed by atoms with Crippen LogP contribution in [0.15, 0.2) is 41.2 Å². The maximum atomic E-state index is 14.0. The van der Waals surface area contributed by atoms with Gasteiger partial charge in [-0.05, 0) is 69.3 Å². The summed E-state index contributed by atoms with van der Waals surface area (Å²) in [6.07, 6.45) is -2.85. The van der Waals surface area contributed by atoms with Gasteiger partial charge in [-0.1, -0.05) is 0 Å². The second-order valence-electron chi connectivity index (χ2n) is 8.94. The first-order valence-corrected chi connectivity index (χ1v) is 11.6. The molecule has 1 aromatic heterocycles. The summed E-state index contributed by atoms with van der Waals surface area (Å²) < 4.78 is 53.8. The van der Waals surface area contributed by atoms with E-state index in [4.69, 9.17) is 9.47 Å². The van der Waals surface area contributed by atoms with Crippen LogP contribution in [0.3, 0.4) is 0 Å². The fraction of sp³-hybridized carbons (Fsp3) is 0.385. The zero-order valence-corrected chi connectivity index (χ0v) is 20.7. The minimum absolute atomic E-state index is 0.312. The van der Waals surface area contributed by atoms with Crippen molar-refractivity contribution in [2.24, 2.45) is 0 Å². The van der Waals surface area contributed by atoms with E-state index in [0.717, 1.165) is 22.7 Å². The van der Waals surface area contributed by atoms with Crippen molar-refractivity contribution in [1.29, 1.82) is 0 Å². The van der Waals surface area contributed by atoms with E-state index in [0.29, 0.717) is 59.9 Å². The van der Waals surface area contributed by atoms with Gasteiger partial charge in [-0.15, -0.1) is 0 Å². The van der Waals surface area contributed by atoms with E-state index < -0.39 is 17.3 Å². The second-order valence-corrected chi connectivity index (χ2v) is 8.94. The number of nitrogens with one attached hydrogen (secondary N) is 1. The first-order valence-electron chi connectivity index (χ1n) is 11.6. The summed E-state index contributed by atoms with van der Waals surface area (Å²) in [6.45, 7) is 1.22. The molecular formula is C26H29F3N4O3. The van der Waals surface area contributed by atoms with Crippen molar-refractivity contribution in [3.63, 3.8) is 0 Å². The molecule has 0 bridgehead atoms. The zero-order valence-electron chi connectivity index (χ0n) is 20.7. The number of rotatable bonds is 8. The first-order chi connectivity index (χ1) is 17.1. The van der Waals surface area contributed by atoms with E-state index in [1.807, 2.05) is 19.0 Å². The van der Waals surface area contributed by atoms with Crippen LogP contribution in [-0.2, 0) is 19.0 Å². The standard InChI is InChI=1S/C26H29F3N4O3/c1-32(2)11-10-30-17-8-9-22(26(27,28)29)23(14-17)33-25(34)21-7-5-6-20(21)24(31-33)16-12-18(35-3)15-19(13-16)36-4/h8-9,12-15,30H,5-7,10-11H2,1-4H3. The van der Waals surface area contributed by atoms with Gasteiger partial charge in [0.25, 0.3) is 5.56 Å². The Morgan fingerprint density at radius 2 is 1.69 bits per heavy atom. The number of ether oxygens (including phenoxy) is 2. The van der Waals surface area contributed by atoms with Gasteiger partial charge in [0.1, 0.15) is 11.5 Å². The molecule has 1 aliphatic rings. The number of aromatic nitrogens is 2. The molecule has 0 saturated carbocycles. The Morgan fingerprint density at radius 1 is 1.03 bits per heavy atom. The smallest absolute Gasteiger partial charge is 0.418 e. The van der Waals surface area contributed by atoms with Crippen molar-refractivity contribution < 1.29 is 22.6 Å². The molecular weight excluding hydrogens is 473 g/mol. The summed E-state index contributed by atoms with van der Waals surface area (Å²) in [7, 11) is 6.84. The number of likely N-dealkylation sites (N-methyl/N-ethyl adjacent to an activating group) is 1. The fourth-order valence-electron chi connectivity index (χ4n) is 4.39. The normalized spacial score (nSPS) is 13.1. The Balaban J connectivity index is 1.93. The summed E-state index contributed by atoms with van der Waals surface area (Å²) in [5, 5.41) is 7.64. The second kappa shape index (κ2) is 10.2. The molecule has 0 amide bonds. The Labute approximate surface area is 207 Å². The van der Waals surface area contributed by atoms with Crippen molar-refractivity contribution in [3.8, 4) is 28.4 Å². The Kier molecular flexibility index (Phi) is 7.26. The predicted molar refractivity (Wildman–Crippen MR) is 132 cm³/mol. The van der Waals surface area contributed by atoms with E-state index in [9.17, 15) is 18.0 Å². The SMILES string of the molecule is COc1cc(OC)cc(-c2nn(-c3cc(NCCN(C)C)ccc3C(F)(F)F)c(=O)c3c2CCC3)c1. The molecule has 0 radical (unpaired) electrons. The van der Waals surface area contributed by atoms with Crippen LogP contribution in [0.1, 0.15) is 23.1 Å². The Morgan fingerprint density at radius 3 is 2.31 bits per heavy atom. The summed E-state index contributed by atoms with van der Waals surface area (Å²) in [6, 6.07) is 8.87. The molecule has 0 saturated heterocycles. The van der Waals surface area contributed by atoms with E-state index in [1.54, 1.807) is 18.2 Å². The number of alkyl halides is 3. The van der Waals surface area contributed by atoms with Crippen molar-refractivity contribution >= 4 is 5.69 Å². The first kappa shape index (κ1) is 25.6. The lowest BCUT2D eigenvalue weighted by molar-refractivity contribution is -0.137. The monoisotopic (exact) mass is 502 g/mol. The van der Waals surface area contributed by atoms with Gasteiger partial charge in [-0.2, -0.15) is 23.0 Å². The number of halogens is 3. The van der Waals surface area contributed by atoms with Crippen LogP contribution >= 0.6 is 0 Å². The quantitative estimate of drug-likeness (QED) is 0.493. The van der Waals surface area contributed by atoms with Gasteiger partial charge in [0.15, 0.2) is 0 Å². The van der Waals surface area contributed by atoms with Gasteiger partial charge in [-0.3, -0.25) is 4.79 Å². The van der Waals surface area contributed by atoms with E-state index in [-0.39, 0.29) is 5.69 Å². The molecule has 36 heavy (non-hydrogen) atoms. The average Bonchev–Trinajstić information content (AvgIpc) is 3.33. The van der Waals surface area contributed by atoms with Gasteiger partial charge in [0.05, 0.1) is 31.2 Å². The lowest BCUT2D eigenvalue weighted by Gasteiger charge is -2.19. The number of anilines is 1. The van der Waals surface area contributed by atoms with Crippen molar-refractivity contribution in [3.05, 3.63) is 63.4 Å². The molecule has 10 heteroatoms.